The highest BCUT2D eigenvalue weighted by Gasteiger charge is 2.68. The first-order valence-electron chi connectivity index (χ1n) is 6.94. The molecule has 3 rings (SSSR count). The van der Waals surface area contributed by atoms with E-state index in [2.05, 4.69) is 27.7 Å². The normalized spacial score (nSPS) is 53.8. The molecule has 3 fully saturated rings. The number of fused-ring (bicyclic) bond motifs is 1. The van der Waals surface area contributed by atoms with E-state index in [0.717, 1.165) is 17.8 Å². The Morgan fingerprint density at radius 3 is 2.12 bits per heavy atom. The maximum absolute atomic E-state index is 9.35. The van der Waals surface area contributed by atoms with Crippen molar-refractivity contribution >= 4 is 0 Å². The highest BCUT2D eigenvalue weighted by molar-refractivity contribution is 5.16. The van der Waals surface area contributed by atoms with E-state index in [-0.39, 0.29) is 11.6 Å². The van der Waals surface area contributed by atoms with Gasteiger partial charge in [0.2, 0.25) is 0 Å². The minimum absolute atomic E-state index is 0. The smallest absolute Gasteiger partial charge is 0.0487 e. The number of rotatable bonds is 3. The Hall–Kier alpha value is -0.0800. The van der Waals surface area contributed by atoms with Crippen molar-refractivity contribution in [2.24, 2.45) is 34.0 Å². The van der Waals surface area contributed by atoms with Crippen LogP contribution in [-0.4, -0.2) is 11.7 Å². The zero-order chi connectivity index (χ0) is 11.8. The van der Waals surface area contributed by atoms with Gasteiger partial charge in [0.15, 0.2) is 0 Å². The fourth-order valence-corrected chi connectivity index (χ4v) is 4.49. The highest BCUT2D eigenvalue weighted by Crippen LogP contribution is 2.75. The van der Waals surface area contributed by atoms with Crippen LogP contribution in [0.2, 0.25) is 0 Å². The van der Waals surface area contributed by atoms with E-state index in [1.807, 2.05) is 0 Å². The predicted molar refractivity (Wildman–Crippen MR) is 71.0 cm³/mol. The zero-order valence-electron chi connectivity index (χ0n) is 11.9. The molecule has 17 heavy (non-hydrogen) atoms. The molecule has 0 aromatic carbocycles. The molecule has 3 aliphatic rings. The quantitative estimate of drug-likeness (QED) is 0.790. The molecule has 100 valence electrons. The van der Waals surface area contributed by atoms with Gasteiger partial charge in [0.1, 0.15) is 0 Å². The first-order chi connectivity index (χ1) is 7.33. The number of hydrogen-bond donors (Lipinski definition) is 2. The number of aliphatic hydroxyl groups is 1. The Bertz CT molecular complexity index is 327. The van der Waals surface area contributed by atoms with Crippen molar-refractivity contribution in [1.29, 1.82) is 0 Å². The van der Waals surface area contributed by atoms with Crippen molar-refractivity contribution in [2.45, 2.75) is 53.4 Å². The maximum Gasteiger partial charge on any atom is 0.0487 e. The molecule has 5 atom stereocenters. The Morgan fingerprint density at radius 1 is 1.06 bits per heavy atom. The molecule has 0 aromatic rings. The summed E-state index contributed by atoms with van der Waals surface area (Å²) in [6.07, 6.45) is 5.56. The Labute approximate surface area is 106 Å². The molecule has 0 bridgehead atoms. The minimum Gasteiger partial charge on any atom is -0.396 e. The second kappa shape index (κ2) is 3.48. The summed E-state index contributed by atoms with van der Waals surface area (Å²) in [5.41, 5.74) is 1.47. The molecule has 0 aromatic heterocycles. The summed E-state index contributed by atoms with van der Waals surface area (Å²) in [5.74, 6) is 2.74. The molecular weight excluding hydrogens is 210 g/mol. The average Bonchev–Trinajstić information content (AvgIpc) is 3.03. The molecule has 0 heterocycles. The van der Waals surface area contributed by atoms with Gasteiger partial charge in [-0.2, -0.15) is 0 Å². The zero-order valence-corrected chi connectivity index (χ0v) is 11.9. The van der Waals surface area contributed by atoms with Crippen molar-refractivity contribution in [3.63, 3.8) is 0 Å². The van der Waals surface area contributed by atoms with E-state index >= 15 is 0 Å². The van der Waals surface area contributed by atoms with E-state index in [9.17, 15) is 5.11 Å². The van der Waals surface area contributed by atoms with Crippen LogP contribution in [-0.2, 0) is 0 Å². The molecular formula is C15H29NO. The van der Waals surface area contributed by atoms with Gasteiger partial charge in [-0.25, -0.2) is 0 Å². The van der Waals surface area contributed by atoms with Gasteiger partial charge in [-0.1, -0.05) is 27.7 Å². The molecule has 3 saturated carbocycles. The lowest BCUT2D eigenvalue weighted by atomic mass is 9.69. The highest BCUT2D eigenvalue weighted by atomic mass is 16.3. The van der Waals surface area contributed by atoms with Crippen LogP contribution in [0, 0.1) is 34.0 Å². The van der Waals surface area contributed by atoms with Crippen LogP contribution in [0.25, 0.3) is 0 Å². The maximum atomic E-state index is 9.35. The average molecular weight is 239 g/mol. The van der Waals surface area contributed by atoms with Crippen LogP contribution in [0.5, 0.6) is 0 Å². The minimum atomic E-state index is 0. The number of aliphatic hydroxyl groups excluding tert-OH is 1. The molecule has 2 heteroatoms. The monoisotopic (exact) mass is 239 g/mol. The van der Waals surface area contributed by atoms with Crippen LogP contribution in [0.4, 0.5) is 0 Å². The van der Waals surface area contributed by atoms with Gasteiger partial charge in [-0.05, 0) is 59.7 Å². The predicted octanol–water partition coefficient (Wildman–Crippen LogP) is 3.63. The standard InChI is InChI=1S/C15H26O.H3N/c1-13(2)10(6-12-8-15(12,13)4)5-11-7-14(11,3)9-16;/h10-12,16H,5-9H2,1-4H3;1H3/t10-,11?,12+,14?,15-;/m0./s1. The largest absolute Gasteiger partial charge is 0.396 e. The van der Waals surface area contributed by atoms with Gasteiger partial charge >= 0.3 is 0 Å². The second-order valence-electron chi connectivity index (χ2n) is 7.92. The fraction of sp³-hybridized carbons (Fsp3) is 1.00. The molecule has 3 aliphatic carbocycles. The molecule has 0 amide bonds. The van der Waals surface area contributed by atoms with Crippen molar-refractivity contribution < 1.29 is 5.11 Å². The Balaban J connectivity index is 0.00000108. The first-order valence-corrected chi connectivity index (χ1v) is 6.94. The van der Waals surface area contributed by atoms with E-state index in [4.69, 9.17) is 0 Å². The molecule has 2 unspecified atom stereocenters. The third-order valence-corrected chi connectivity index (χ3v) is 6.94. The van der Waals surface area contributed by atoms with E-state index in [1.54, 1.807) is 0 Å². The van der Waals surface area contributed by atoms with Crippen LogP contribution in [0.3, 0.4) is 0 Å². The number of hydrogen-bond acceptors (Lipinski definition) is 2. The SMILES string of the molecule is CC1(CO)CC1C[C@H]1C[C@@H]2C[C@]2(C)C1(C)C.N. The van der Waals surface area contributed by atoms with Crippen LogP contribution < -0.4 is 6.15 Å². The lowest BCUT2D eigenvalue weighted by Crippen LogP contribution is -2.28. The molecule has 4 N–H and O–H groups in total. The van der Waals surface area contributed by atoms with Crippen LogP contribution >= 0.6 is 0 Å². The summed E-state index contributed by atoms with van der Waals surface area (Å²) < 4.78 is 0. The lowest BCUT2D eigenvalue weighted by molar-refractivity contribution is 0.126. The van der Waals surface area contributed by atoms with Gasteiger partial charge in [0.05, 0.1) is 0 Å². The van der Waals surface area contributed by atoms with Gasteiger partial charge in [0.25, 0.3) is 0 Å². The van der Waals surface area contributed by atoms with Crippen LogP contribution in [0.15, 0.2) is 0 Å². The Kier molecular flexibility index (Phi) is 2.73. The van der Waals surface area contributed by atoms with Gasteiger partial charge in [-0.3, -0.25) is 0 Å². The van der Waals surface area contributed by atoms with Gasteiger partial charge in [-0.15, -0.1) is 0 Å². The van der Waals surface area contributed by atoms with Crippen molar-refractivity contribution in [2.75, 3.05) is 6.61 Å². The van der Waals surface area contributed by atoms with E-state index < -0.39 is 0 Å². The van der Waals surface area contributed by atoms with E-state index in [0.29, 0.717) is 17.4 Å². The summed E-state index contributed by atoms with van der Waals surface area (Å²) in [6, 6.07) is 0. The van der Waals surface area contributed by atoms with Gasteiger partial charge < -0.3 is 11.3 Å². The third kappa shape index (κ3) is 1.60. The topological polar surface area (TPSA) is 55.2 Å². The summed E-state index contributed by atoms with van der Waals surface area (Å²) in [5, 5.41) is 9.35. The Morgan fingerprint density at radius 2 is 1.71 bits per heavy atom. The van der Waals surface area contributed by atoms with Gasteiger partial charge in [0, 0.05) is 6.61 Å². The van der Waals surface area contributed by atoms with Crippen molar-refractivity contribution in [1.82, 2.24) is 6.15 Å². The summed E-state index contributed by atoms with van der Waals surface area (Å²) in [4.78, 5) is 0. The third-order valence-electron chi connectivity index (χ3n) is 6.94. The van der Waals surface area contributed by atoms with Crippen LogP contribution in [0.1, 0.15) is 53.4 Å². The molecule has 0 spiro atoms. The van der Waals surface area contributed by atoms with E-state index in [1.165, 1.54) is 25.7 Å². The lowest BCUT2D eigenvalue weighted by Gasteiger charge is -2.36. The first kappa shape index (κ1) is 13.4. The summed E-state index contributed by atoms with van der Waals surface area (Å²) >= 11 is 0. The van der Waals surface area contributed by atoms with Crippen molar-refractivity contribution in [3.05, 3.63) is 0 Å². The second-order valence-corrected chi connectivity index (χ2v) is 7.92. The molecule has 2 nitrogen and oxygen atoms in total. The summed E-state index contributed by atoms with van der Waals surface area (Å²) in [6.45, 7) is 10.1. The molecule has 0 saturated heterocycles. The summed E-state index contributed by atoms with van der Waals surface area (Å²) in [7, 11) is 0. The molecule has 0 radical (unpaired) electrons. The molecule has 0 aliphatic heterocycles. The fourth-order valence-electron chi connectivity index (χ4n) is 4.49. The van der Waals surface area contributed by atoms with Crippen molar-refractivity contribution in [3.8, 4) is 0 Å².